The third-order valence-electron chi connectivity index (χ3n) is 4.60. The molecule has 2 aromatic rings. The minimum absolute atomic E-state index is 0.0371. The van der Waals surface area contributed by atoms with E-state index in [0.29, 0.717) is 25.1 Å². The maximum absolute atomic E-state index is 12.8. The van der Waals surface area contributed by atoms with E-state index in [4.69, 9.17) is 11.7 Å². The molecule has 7 nitrogen and oxygen atoms in total. The molecule has 0 saturated carbocycles. The first-order chi connectivity index (χ1) is 12.6. The van der Waals surface area contributed by atoms with Crippen LogP contribution < -0.4 is 0 Å². The maximum atomic E-state index is 12.8. The summed E-state index contributed by atoms with van der Waals surface area (Å²) >= 11 is 0. The van der Waals surface area contributed by atoms with Crippen LogP contribution in [0.25, 0.3) is 10.9 Å². The molecule has 2 heterocycles. The van der Waals surface area contributed by atoms with Crippen LogP contribution in [0.4, 0.5) is 0 Å². The smallest absolute Gasteiger partial charge is 0.253 e. The predicted octanol–water partition coefficient (Wildman–Crippen LogP) is 1.40. The standard InChI is InChI=1S/C19H19N5O2/c1-2-8-23(10-7-20)19(26)15-4-3-9-24(13-15)18(25)14-5-6-17-16(11-14)12-21-22-17/h1,5-6,11-12,15H,3-4,8-10,13H2,(H,21,22)/t15-/m1/s1. The lowest BCUT2D eigenvalue weighted by Crippen LogP contribution is -2.47. The number of nitriles is 1. The van der Waals surface area contributed by atoms with Gasteiger partial charge in [0.1, 0.15) is 6.54 Å². The Morgan fingerprint density at radius 2 is 2.27 bits per heavy atom. The molecule has 1 atom stereocenters. The fraction of sp³-hybridized carbons (Fsp3) is 0.368. The van der Waals surface area contributed by atoms with Crippen LogP contribution in [0.3, 0.4) is 0 Å². The number of benzene rings is 1. The number of terminal acetylenes is 1. The highest BCUT2D eigenvalue weighted by Gasteiger charge is 2.31. The van der Waals surface area contributed by atoms with Crippen molar-refractivity contribution < 1.29 is 9.59 Å². The average Bonchev–Trinajstić information content (AvgIpc) is 3.14. The van der Waals surface area contributed by atoms with Gasteiger partial charge in [0.05, 0.1) is 30.2 Å². The number of nitrogens with zero attached hydrogens (tertiary/aromatic N) is 4. The number of hydrogen-bond acceptors (Lipinski definition) is 4. The lowest BCUT2D eigenvalue weighted by Gasteiger charge is -2.34. The number of piperidine rings is 1. The van der Waals surface area contributed by atoms with E-state index in [9.17, 15) is 9.59 Å². The highest BCUT2D eigenvalue weighted by molar-refractivity contribution is 5.98. The van der Waals surface area contributed by atoms with Gasteiger partial charge in [-0.15, -0.1) is 6.42 Å². The van der Waals surface area contributed by atoms with Gasteiger partial charge in [-0.2, -0.15) is 10.4 Å². The van der Waals surface area contributed by atoms with Crippen LogP contribution in [-0.4, -0.2) is 58.0 Å². The molecule has 1 aromatic carbocycles. The number of H-pyrrole nitrogens is 1. The van der Waals surface area contributed by atoms with E-state index in [1.807, 2.05) is 12.1 Å². The Labute approximate surface area is 151 Å². The van der Waals surface area contributed by atoms with E-state index >= 15 is 0 Å². The first-order valence-electron chi connectivity index (χ1n) is 8.45. The molecular weight excluding hydrogens is 330 g/mol. The van der Waals surface area contributed by atoms with Gasteiger partial charge in [0, 0.05) is 24.0 Å². The summed E-state index contributed by atoms with van der Waals surface area (Å²) in [7, 11) is 0. The summed E-state index contributed by atoms with van der Waals surface area (Å²) in [5.41, 5.74) is 1.44. The molecule has 3 rings (SSSR count). The highest BCUT2D eigenvalue weighted by Crippen LogP contribution is 2.22. The first-order valence-corrected chi connectivity index (χ1v) is 8.45. The lowest BCUT2D eigenvalue weighted by molar-refractivity contribution is -0.135. The van der Waals surface area contributed by atoms with Crippen LogP contribution in [0.5, 0.6) is 0 Å². The number of rotatable bonds is 4. The van der Waals surface area contributed by atoms with Crippen molar-refractivity contribution in [2.45, 2.75) is 12.8 Å². The fourth-order valence-corrected chi connectivity index (χ4v) is 3.29. The van der Waals surface area contributed by atoms with Crippen molar-refractivity contribution in [2.75, 3.05) is 26.2 Å². The van der Waals surface area contributed by atoms with Gasteiger partial charge < -0.3 is 9.80 Å². The summed E-state index contributed by atoms with van der Waals surface area (Å²) in [6, 6.07) is 7.35. The van der Waals surface area contributed by atoms with Crippen molar-refractivity contribution in [1.29, 1.82) is 5.26 Å². The first kappa shape index (κ1) is 17.5. The quantitative estimate of drug-likeness (QED) is 0.667. The molecule has 26 heavy (non-hydrogen) atoms. The summed E-state index contributed by atoms with van der Waals surface area (Å²) in [5, 5.41) is 16.6. The molecular formula is C19H19N5O2. The number of likely N-dealkylation sites (tertiary alicyclic amines) is 1. The molecule has 1 fully saturated rings. The molecule has 1 N–H and O–H groups in total. The third-order valence-corrected chi connectivity index (χ3v) is 4.60. The van der Waals surface area contributed by atoms with Gasteiger partial charge >= 0.3 is 0 Å². The molecule has 0 spiro atoms. The Bertz CT molecular complexity index is 889. The zero-order valence-corrected chi connectivity index (χ0v) is 14.3. The normalized spacial score (nSPS) is 16.7. The van der Waals surface area contributed by atoms with E-state index in [1.54, 1.807) is 23.2 Å². The number of aromatic nitrogens is 2. The maximum Gasteiger partial charge on any atom is 0.253 e. The number of amides is 2. The molecule has 2 amide bonds. The number of fused-ring (bicyclic) bond motifs is 1. The van der Waals surface area contributed by atoms with Crippen LogP contribution in [-0.2, 0) is 4.79 Å². The van der Waals surface area contributed by atoms with Crippen molar-refractivity contribution in [2.24, 2.45) is 5.92 Å². The molecule has 0 radical (unpaired) electrons. The van der Waals surface area contributed by atoms with Crippen molar-refractivity contribution in [3.63, 3.8) is 0 Å². The van der Waals surface area contributed by atoms with Crippen molar-refractivity contribution in [1.82, 2.24) is 20.0 Å². The second kappa shape index (κ2) is 7.71. The fourth-order valence-electron chi connectivity index (χ4n) is 3.29. The Balaban J connectivity index is 1.73. The highest BCUT2D eigenvalue weighted by atomic mass is 16.2. The zero-order chi connectivity index (χ0) is 18.5. The van der Waals surface area contributed by atoms with Gasteiger partial charge in [0.15, 0.2) is 0 Å². The minimum Gasteiger partial charge on any atom is -0.338 e. The van der Waals surface area contributed by atoms with Gasteiger partial charge in [0.2, 0.25) is 5.91 Å². The van der Waals surface area contributed by atoms with Gasteiger partial charge in [-0.05, 0) is 31.0 Å². The summed E-state index contributed by atoms with van der Waals surface area (Å²) in [4.78, 5) is 28.6. The molecule has 0 bridgehead atoms. The zero-order valence-electron chi connectivity index (χ0n) is 14.3. The summed E-state index contributed by atoms with van der Waals surface area (Å²) in [6.07, 6.45) is 8.40. The van der Waals surface area contributed by atoms with Crippen LogP contribution in [0, 0.1) is 29.6 Å². The number of hydrogen-bond donors (Lipinski definition) is 1. The monoisotopic (exact) mass is 349 g/mol. The van der Waals surface area contributed by atoms with E-state index in [0.717, 1.165) is 17.3 Å². The van der Waals surface area contributed by atoms with Gasteiger partial charge in [0.25, 0.3) is 5.91 Å². The van der Waals surface area contributed by atoms with Crippen LogP contribution in [0.1, 0.15) is 23.2 Å². The summed E-state index contributed by atoms with van der Waals surface area (Å²) in [6.45, 7) is 1.02. The van der Waals surface area contributed by atoms with Crippen LogP contribution >= 0.6 is 0 Å². The minimum atomic E-state index is -0.327. The second-order valence-corrected chi connectivity index (χ2v) is 6.32. The van der Waals surface area contributed by atoms with E-state index in [1.165, 1.54) is 4.90 Å². The van der Waals surface area contributed by atoms with Crippen LogP contribution in [0.2, 0.25) is 0 Å². The predicted molar refractivity (Wildman–Crippen MR) is 95.7 cm³/mol. The van der Waals surface area contributed by atoms with E-state index in [-0.39, 0.29) is 30.8 Å². The summed E-state index contributed by atoms with van der Waals surface area (Å²) < 4.78 is 0. The van der Waals surface area contributed by atoms with Crippen LogP contribution in [0.15, 0.2) is 24.4 Å². The largest absolute Gasteiger partial charge is 0.338 e. The van der Waals surface area contributed by atoms with Gasteiger partial charge in [-0.1, -0.05) is 5.92 Å². The molecule has 1 aliphatic rings. The van der Waals surface area contributed by atoms with Crippen molar-refractivity contribution in [3.8, 4) is 18.4 Å². The van der Waals surface area contributed by atoms with E-state index < -0.39 is 0 Å². The van der Waals surface area contributed by atoms with E-state index in [2.05, 4.69) is 16.1 Å². The van der Waals surface area contributed by atoms with Crippen molar-refractivity contribution >= 4 is 22.7 Å². The lowest BCUT2D eigenvalue weighted by atomic mass is 9.95. The Morgan fingerprint density at radius 3 is 3.04 bits per heavy atom. The molecule has 132 valence electrons. The number of carbonyl (C=O) groups excluding carboxylic acids is 2. The van der Waals surface area contributed by atoms with Gasteiger partial charge in [-0.3, -0.25) is 14.7 Å². The van der Waals surface area contributed by atoms with Crippen molar-refractivity contribution in [3.05, 3.63) is 30.0 Å². The second-order valence-electron chi connectivity index (χ2n) is 6.32. The molecule has 0 aliphatic carbocycles. The molecule has 0 unspecified atom stereocenters. The Hall–Kier alpha value is -3.32. The molecule has 1 aromatic heterocycles. The molecule has 1 saturated heterocycles. The summed E-state index contributed by atoms with van der Waals surface area (Å²) in [5.74, 6) is 1.82. The Kier molecular flexibility index (Phi) is 5.19. The number of carbonyl (C=O) groups is 2. The third kappa shape index (κ3) is 3.52. The topological polar surface area (TPSA) is 93.1 Å². The van der Waals surface area contributed by atoms with Gasteiger partial charge in [-0.25, -0.2) is 0 Å². The SMILES string of the molecule is C#CCN(CC#N)C(=O)[C@@H]1CCCN(C(=O)c2ccc3[nH]ncc3c2)C1. The number of aromatic amines is 1. The Morgan fingerprint density at radius 1 is 1.42 bits per heavy atom. The number of nitrogens with one attached hydrogen (secondary N) is 1. The molecule has 7 heteroatoms. The molecule has 1 aliphatic heterocycles. The average molecular weight is 349 g/mol.